The molecular formula is C13H16FNO3. The molecule has 3 N–H and O–H groups in total. The molecule has 1 fully saturated rings. The van der Waals surface area contributed by atoms with E-state index in [1.165, 1.54) is 12.1 Å². The van der Waals surface area contributed by atoms with Gasteiger partial charge in [0.2, 0.25) is 0 Å². The molecule has 0 bridgehead atoms. The first-order chi connectivity index (χ1) is 8.56. The molecule has 0 aromatic heterocycles. The lowest BCUT2D eigenvalue weighted by atomic mass is 9.93. The highest BCUT2D eigenvalue weighted by Crippen LogP contribution is 2.20. The Morgan fingerprint density at radius 1 is 1.28 bits per heavy atom. The minimum Gasteiger partial charge on any atom is -0.508 e. The number of phenols is 1. The van der Waals surface area contributed by atoms with Gasteiger partial charge in [0.1, 0.15) is 11.6 Å². The molecular weight excluding hydrogens is 237 g/mol. The van der Waals surface area contributed by atoms with Crippen LogP contribution in [0.15, 0.2) is 18.2 Å². The molecule has 18 heavy (non-hydrogen) atoms. The van der Waals surface area contributed by atoms with Gasteiger partial charge in [-0.25, -0.2) is 4.39 Å². The summed E-state index contributed by atoms with van der Waals surface area (Å²) >= 11 is 0. The van der Waals surface area contributed by atoms with Crippen molar-refractivity contribution in [3.63, 3.8) is 0 Å². The highest BCUT2D eigenvalue weighted by Gasteiger charge is 2.22. The number of carbonyl (C=O) groups excluding carboxylic acids is 1. The number of hydrogen-bond acceptors (Lipinski definition) is 3. The molecule has 1 aliphatic carbocycles. The van der Waals surface area contributed by atoms with E-state index in [0.29, 0.717) is 25.7 Å². The fourth-order valence-corrected chi connectivity index (χ4v) is 2.17. The zero-order valence-electron chi connectivity index (χ0n) is 9.90. The summed E-state index contributed by atoms with van der Waals surface area (Å²) in [5.41, 5.74) is -0.0704. The maximum Gasteiger partial charge on any atom is 0.254 e. The number of hydrogen-bond donors (Lipinski definition) is 3. The Hall–Kier alpha value is -1.62. The topological polar surface area (TPSA) is 69.6 Å². The van der Waals surface area contributed by atoms with Gasteiger partial charge < -0.3 is 15.5 Å². The number of amides is 1. The van der Waals surface area contributed by atoms with Gasteiger partial charge in [0.15, 0.2) is 0 Å². The van der Waals surface area contributed by atoms with E-state index in [4.69, 9.17) is 5.11 Å². The Morgan fingerprint density at radius 2 is 1.94 bits per heavy atom. The SMILES string of the molecule is O=C(NC1CCC(O)CC1)c1ccc(O)cc1F. The van der Waals surface area contributed by atoms with Gasteiger partial charge >= 0.3 is 0 Å². The summed E-state index contributed by atoms with van der Waals surface area (Å²) in [7, 11) is 0. The van der Waals surface area contributed by atoms with Crippen LogP contribution in [0.1, 0.15) is 36.0 Å². The third kappa shape index (κ3) is 2.98. The largest absolute Gasteiger partial charge is 0.508 e. The van der Waals surface area contributed by atoms with E-state index in [1.54, 1.807) is 0 Å². The predicted molar refractivity (Wildman–Crippen MR) is 63.8 cm³/mol. The van der Waals surface area contributed by atoms with Crippen LogP contribution in [0, 0.1) is 5.82 Å². The van der Waals surface area contributed by atoms with Crippen molar-refractivity contribution in [1.82, 2.24) is 5.32 Å². The molecule has 4 nitrogen and oxygen atoms in total. The van der Waals surface area contributed by atoms with Crippen molar-refractivity contribution < 1.29 is 19.4 Å². The quantitative estimate of drug-likeness (QED) is 0.749. The molecule has 0 heterocycles. The van der Waals surface area contributed by atoms with Gasteiger partial charge in [-0.2, -0.15) is 0 Å². The molecule has 0 saturated heterocycles. The zero-order chi connectivity index (χ0) is 13.1. The Morgan fingerprint density at radius 3 is 2.56 bits per heavy atom. The number of halogens is 1. The van der Waals surface area contributed by atoms with Crippen LogP contribution in [0.3, 0.4) is 0 Å². The lowest BCUT2D eigenvalue weighted by Crippen LogP contribution is -2.38. The number of benzene rings is 1. The van der Waals surface area contributed by atoms with E-state index in [1.807, 2.05) is 0 Å². The van der Waals surface area contributed by atoms with Gasteiger partial charge in [-0.15, -0.1) is 0 Å². The van der Waals surface area contributed by atoms with Gasteiger partial charge in [0.05, 0.1) is 11.7 Å². The lowest BCUT2D eigenvalue weighted by Gasteiger charge is -2.26. The Kier molecular flexibility index (Phi) is 3.81. The summed E-state index contributed by atoms with van der Waals surface area (Å²) in [6.07, 6.45) is 2.43. The minimum atomic E-state index is -0.733. The second-order valence-corrected chi connectivity index (χ2v) is 4.64. The summed E-state index contributed by atoms with van der Waals surface area (Å²) in [6, 6.07) is 3.44. The van der Waals surface area contributed by atoms with E-state index in [9.17, 15) is 14.3 Å². The smallest absolute Gasteiger partial charge is 0.254 e. The van der Waals surface area contributed by atoms with Crippen LogP contribution in [-0.2, 0) is 0 Å². The number of rotatable bonds is 2. The first-order valence-electron chi connectivity index (χ1n) is 6.03. The van der Waals surface area contributed by atoms with Crippen molar-refractivity contribution in [2.75, 3.05) is 0 Å². The van der Waals surface area contributed by atoms with Crippen molar-refractivity contribution in [3.05, 3.63) is 29.6 Å². The zero-order valence-corrected chi connectivity index (χ0v) is 9.90. The van der Waals surface area contributed by atoms with Crippen LogP contribution in [0.2, 0.25) is 0 Å². The van der Waals surface area contributed by atoms with E-state index in [0.717, 1.165) is 6.07 Å². The number of aliphatic hydroxyl groups excluding tert-OH is 1. The molecule has 2 rings (SSSR count). The van der Waals surface area contributed by atoms with E-state index < -0.39 is 11.7 Å². The van der Waals surface area contributed by atoms with Crippen LogP contribution >= 0.6 is 0 Å². The fraction of sp³-hybridized carbons (Fsp3) is 0.462. The maximum absolute atomic E-state index is 13.5. The van der Waals surface area contributed by atoms with E-state index in [-0.39, 0.29) is 23.5 Å². The van der Waals surface area contributed by atoms with Crippen molar-refractivity contribution in [2.45, 2.75) is 37.8 Å². The molecule has 1 aliphatic rings. The number of phenolic OH excluding ortho intramolecular Hbond substituents is 1. The first kappa shape index (κ1) is 12.8. The first-order valence-corrected chi connectivity index (χ1v) is 6.03. The van der Waals surface area contributed by atoms with Crippen molar-refractivity contribution in [3.8, 4) is 5.75 Å². The molecule has 1 aromatic carbocycles. The van der Waals surface area contributed by atoms with Gasteiger partial charge in [-0.1, -0.05) is 0 Å². The highest BCUT2D eigenvalue weighted by molar-refractivity contribution is 5.94. The molecule has 0 atom stereocenters. The molecule has 0 unspecified atom stereocenters. The van der Waals surface area contributed by atoms with Crippen molar-refractivity contribution >= 4 is 5.91 Å². The molecule has 0 spiro atoms. The van der Waals surface area contributed by atoms with Crippen molar-refractivity contribution in [2.24, 2.45) is 0 Å². The summed E-state index contributed by atoms with van der Waals surface area (Å²) < 4.78 is 13.5. The maximum atomic E-state index is 13.5. The average molecular weight is 253 g/mol. The number of aliphatic hydroxyl groups is 1. The monoisotopic (exact) mass is 253 g/mol. The van der Waals surface area contributed by atoms with Crippen LogP contribution in [0.5, 0.6) is 5.75 Å². The summed E-state index contributed by atoms with van der Waals surface area (Å²) in [5.74, 6) is -1.41. The predicted octanol–water partition coefficient (Wildman–Crippen LogP) is 1.56. The molecule has 1 aromatic rings. The Balaban J connectivity index is 1.99. The summed E-state index contributed by atoms with van der Waals surface area (Å²) in [5, 5.41) is 21.2. The highest BCUT2D eigenvalue weighted by atomic mass is 19.1. The number of carbonyl (C=O) groups is 1. The number of aromatic hydroxyl groups is 1. The molecule has 1 saturated carbocycles. The third-order valence-corrected chi connectivity index (χ3v) is 3.23. The van der Waals surface area contributed by atoms with Gasteiger partial charge in [-0.3, -0.25) is 4.79 Å². The fourth-order valence-electron chi connectivity index (χ4n) is 2.17. The van der Waals surface area contributed by atoms with Crippen LogP contribution in [0.4, 0.5) is 4.39 Å². The number of nitrogens with one attached hydrogen (secondary N) is 1. The normalized spacial score (nSPS) is 23.7. The molecule has 98 valence electrons. The van der Waals surface area contributed by atoms with Gasteiger partial charge in [0, 0.05) is 12.1 Å². The lowest BCUT2D eigenvalue weighted by molar-refractivity contribution is 0.0864. The summed E-state index contributed by atoms with van der Waals surface area (Å²) in [6.45, 7) is 0. The average Bonchev–Trinajstić information content (AvgIpc) is 2.32. The standard InChI is InChI=1S/C13H16FNO3/c14-12-7-10(17)5-6-11(12)13(18)15-8-1-3-9(16)4-2-8/h5-9,16-17H,1-4H2,(H,15,18). The molecule has 0 radical (unpaired) electrons. The Bertz CT molecular complexity index is 442. The molecule has 5 heteroatoms. The summed E-state index contributed by atoms with van der Waals surface area (Å²) in [4.78, 5) is 11.8. The minimum absolute atomic E-state index is 0.0193. The van der Waals surface area contributed by atoms with Crippen molar-refractivity contribution in [1.29, 1.82) is 0 Å². The third-order valence-electron chi connectivity index (χ3n) is 3.23. The second-order valence-electron chi connectivity index (χ2n) is 4.64. The van der Waals surface area contributed by atoms with Gasteiger partial charge in [0.25, 0.3) is 5.91 Å². The molecule has 1 amide bonds. The van der Waals surface area contributed by atoms with Crippen LogP contribution in [0.25, 0.3) is 0 Å². The van der Waals surface area contributed by atoms with E-state index in [2.05, 4.69) is 5.32 Å². The van der Waals surface area contributed by atoms with Crippen LogP contribution in [-0.4, -0.2) is 28.3 Å². The van der Waals surface area contributed by atoms with Gasteiger partial charge in [-0.05, 0) is 37.8 Å². The van der Waals surface area contributed by atoms with Crippen LogP contribution < -0.4 is 5.32 Å². The molecule has 0 aliphatic heterocycles. The Labute approximate surface area is 104 Å². The van der Waals surface area contributed by atoms with E-state index >= 15 is 0 Å². The second kappa shape index (κ2) is 5.35.